The van der Waals surface area contributed by atoms with Gasteiger partial charge in [-0.2, -0.15) is 0 Å². The first-order chi connectivity index (χ1) is 17.6. The highest BCUT2D eigenvalue weighted by Gasteiger charge is 2.07. The van der Waals surface area contributed by atoms with Gasteiger partial charge in [-0.05, 0) is 73.2 Å². The lowest BCUT2D eigenvalue weighted by Crippen LogP contribution is -1.92. The molecule has 0 saturated heterocycles. The Morgan fingerprint density at radius 2 is 0.889 bits per heavy atom. The van der Waals surface area contributed by atoms with Crippen molar-refractivity contribution in [3.63, 3.8) is 0 Å². The summed E-state index contributed by atoms with van der Waals surface area (Å²) >= 11 is 0. The third-order valence-electron chi connectivity index (χ3n) is 6.29. The van der Waals surface area contributed by atoms with E-state index in [4.69, 9.17) is 0 Å². The molecule has 2 heteroatoms. The normalized spacial score (nSPS) is 10.3. The predicted octanol–water partition coefficient (Wildman–Crippen LogP) is 9.01. The minimum Gasteiger partial charge on any atom is -0.206 e. The third-order valence-corrected chi connectivity index (χ3v) is 6.29. The van der Waals surface area contributed by atoms with E-state index in [2.05, 4.69) is 61.8 Å². The van der Waals surface area contributed by atoms with E-state index in [9.17, 15) is 8.78 Å². The molecule has 0 fully saturated rings. The average Bonchev–Trinajstić information content (AvgIpc) is 2.89. The largest absolute Gasteiger partial charge is 0.206 e. The first-order valence-electron chi connectivity index (χ1n) is 13.3. The van der Waals surface area contributed by atoms with E-state index in [-0.39, 0.29) is 11.1 Å². The Morgan fingerprint density at radius 3 is 1.33 bits per heavy atom. The zero-order chi connectivity index (χ0) is 25.6. The molecule has 0 N–H and O–H groups in total. The van der Waals surface area contributed by atoms with Crippen LogP contribution in [-0.4, -0.2) is 0 Å². The predicted molar refractivity (Wildman–Crippen MR) is 147 cm³/mol. The average molecular weight is 483 g/mol. The van der Waals surface area contributed by atoms with Gasteiger partial charge in [0.1, 0.15) is 11.6 Å². The number of unbranched alkanes of at least 4 members (excludes halogenated alkanes) is 6. The number of aryl methyl sites for hydroxylation is 2. The maximum atomic E-state index is 14.6. The van der Waals surface area contributed by atoms with Crippen LogP contribution in [0.15, 0.2) is 60.7 Å². The van der Waals surface area contributed by atoms with E-state index in [0.717, 1.165) is 36.1 Å². The topological polar surface area (TPSA) is 0 Å². The zero-order valence-electron chi connectivity index (χ0n) is 21.6. The van der Waals surface area contributed by atoms with Gasteiger partial charge in [0.25, 0.3) is 0 Å². The van der Waals surface area contributed by atoms with Crippen molar-refractivity contribution in [2.24, 2.45) is 0 Å². The molecule has 0 bridgehead atoms. The fourth-order valence-electron chi connectivity index (χ4n) is 4.04. The first-order valence-corrected chi connectivity index (χ1v) is 13.3. The highest BCUT2D eigenvalue weighted by Crippen LogP contribution is 2.15. The Balaban J connectivity index is 1.61. The van der Waals surface area contributed by atoms with Gasteiger partial charge in [-0.15, -0.1) is 0 Å². The molecule has 3 rings (SSSR count). The van der Waals surface area contributed by atoms with Crippen molar-refractivity contribution in [1.29, 1.82) is 0 Å². The molecule has 0 aliphatic heterocycles. The van der Waals surface area contributed by atoms with Gasteiger partial charge < -0.3 is 0 Å². The standard InChI is InChI=1S/C34H36F2/c1-3-5-7-8-10-12-28-15-19-30(20-16-28)22-24-32-26-33(35)31(25-34(32)36)23-21-29-17-13-27(14-18-29)11-9-6-4-2/h13-20,25-26H,3-12H2,1-2H3. The molecule has 186 valence electrons. The first kappa shape index (κ1) is 27.2. The maximum absolute atomic E-state index is 14.6. The summed E-state index contributed by atoms with van der Waals surface area (Å²) in [6, 6.07) is 18.2. The molecular weight excluding hydrogens is 446 g/mol. The highest BCUT2D eigenvalue weighted by molar-refractivity contribution is 5.49. The summed E-state index contributed by atoms with van der Waals surface area (Å²) in [6.45, 7) is 4.41. The van der Waals surface area contributed by atoms with Crippen LogP contribution in [0, 0.1) is 35.3 Å². The Hall–Kier alpha value is -3.36. The highest BCUT2D eigenvalue weighted by atomic mass is 19.1. The molecule has 3 aromatic rings. The molecule has 0 atom stereocenters. The molecule has 0 radical (unpaired) electrons. The second-order valence-corrected chi connectivity index (χ2v) is 9.33. The van der Waals surface area contributed by atoms with Crippen LogP contribution >= 0.6 is 0 Å². The van der Waals surface area contributed by atoms with Crippen LogP contribution in [0.3, 0.4) is 0 Å². The second kappa shape index (κ2) is 14.9. The number of hydrogen-bond donors (Lipinski definition) is 0. The Labute approximate surface area is 216 Å². The van der Waals surface area contributed by atoms with Gasteiger partial charge in [0.15, 0.2) is 0 Å². The van der Waals surface area contributed by atoms with Crippen molar-refractivity contribution in [3.8, 4) is 23.7 Å². The quantitative estimate of drug-likeness (QED) is 0.200. The Bertz CT molecular complexity index is 1210. The van der Waals surface area contributed by atoms with Crippen LogP contribution in [-0.2, 0) is 12.8 Å². The van der Waals surface area contributed by atoms with E-state index in [1.165, 1.54) is 62.5 Å². The van der Waals surface area contributed by atoms with Crippen molar-refractivity contribution in [1.82, 2.24) is 0 Å². The number of rotatable bonds is 10. The van der Waals surface area contributed by atoms with Crippen molar-refractivity contribution in [2.45, 2.75) is 78.1 Å². The Morgan fingerprint density at radius 1 is 0.500 bits per heavy atom. The van der Waals surface area contributed by atoms with Crippen LogP contribution in [0.5, 0.6) is 0 Å². The summed E-state index contributed by atoms with van der Waals surface area (Å²) in [4.78, 5) is 0. The fraction of sp³-hybridized carbons (Fsp3) is 0.353. The molecular formula is C34H36F2. The van der Waals surface area contributed by atoms with Gasteiger partial charge in [0.2, 0.25) is 0 Å². The van der Waals surface area contributed by atoms with Crippen LogP contribution in [0.25, 0.3) is 0 Å². The SMILES string of the molecule is CCCCCCCc1ccc(C#Cc2cc(F)c(C#Cc3ccc(CCCCC)cc3)cc2F)cc1. The summed E-state index contributed by atoms with van der Waals surface area (Å²) in [6.07, 6.45) is 12.0. The summed E-state index contributed by atoms with van der Waals surface area (Å²) in [7, 11) is 0. The van der Waals surface area contributed by atoms with Crippen molar-refractivity contribution in [2.75, 3.05) is 0 Å². The molecule has 0 amide bonds. The Kier molecular flexibility index (Phi) is 11.3. The molecule has 0 nitrogen and oxygen atoms in total. The maximum Gasteiger partial charge on any atom is 0.140 e. The summed E-state index contributed by atoms with van der Waals surface area (Å²) in [5.74, 6) is 10.3. The molecule has 0 heterocycles. The number of hydrogen-bond acceptors (Lipinski definition) is 0. The van der Waals surface area contributed by atoms with Gasteiger partial charge in [-0.1, -0.05) is 100 Å². The van der Waals surface area contributed by atoms with E-state index < -0.39 is 11.6 Å². The van der Waals surface area contributed by atoms with E-state index in [1.54, 1.807) is 0 Å². The van der Waals surface area contributed by atoms with Gasteiger partial charge in [0.05, 0.1) is 11.1 Å². The third kappa shape index (κ3) is 9.02. The van der Waals surface area contributed by atoms with Crippen LogP contribution in [0.4, 0.5) is 8.78 Å². The van der Waals surface area contributed by atoms with Crippen LogP contribution in [0.1, 0.15) is 98.6 Å². The van der Waals surface area contributed by atoms with E-state index in [0.29, 0.717) is 0 Å². The molecule has 0 saturated carbocycles. The smallest absolute Gasteiger partial charge is 0.140 e. The lowest BCUT2D eigenvalue weighted by atomic mass is 10.0. The molecule has 0 aliphatic carbocycles. The lowest BCUT2D eigenvalue weighted by Gasteiger charge is -2.02. The molecule has 0 aliphatic rings. The summed E-state index contributed by atoms with van der Waals surface area (Å²) in [5.41, 5.74) is 4.19. The minimum absolute atomic E-state index is 0.0355. The van der Waals surface area contributed by atoms with Gasteiger partial charge in [-0.3, -0.25) is 0 Å². The molecule has 3 aromatic carbocycles. The van der Waals surface area contributed by atoms with E-state index >= 15 is 0 Å². The second-order valence-electron chi connectivity index (χ2n) is 9.33. The molecule has 0 unspecified atom stereocenters. The summed E-state index contributed by atoms with van der Waals surface area (Å²) < 4.78 is 29.2. The lowest BCUT2D eigenvalue weighted by molar-refractivity contribution is 0.594. The number of halogens is 2. The zero-order valence-corrected chi connectivity index (χ0v) is 21.6. The summed E-state index contributed by atoms with van der Waals surface area (Å²) in [5, 5.41) is 0. The van der Waals surface area contributed by atoms with Gasteiger partial charge in [0, 0.05) is 11.1 Å². The fourth-order valence-corrected chi connectivity index (χ4v) is 4.04. The van der Waals surface area contributed by atoms with Crippen molar-refractivity contribution < 1.29 is 8.78 Å². The molecule has 36 heavy (non-hydrogen) atoms. The van der Waals surface area contributed by atoms with Crippen LogP contribution in [0.2, 0.25) is 0 Å². The number of benzene rings is 3. The minimum atomic E-state index is -0.567. The molecule has 0 aromatic heterocycles. The van der Waals surface area contributed by atoms with Gasteiger partial charge in [-0.25, -0.2) is 8.78 Å². The van der Waals surface area contributed by atoms with E-state index in [1.807, 2.05) is 24.3 Å². The van der Waals surface area contributed by atoms with Crippen LogP contribution < -0.4 is 0 Å². The molecule has 0 spiro atoms. The van der Waals surface area contributed by atoms with Crippen molar-refractivity contribution in [3.05, 3.63) is 106 Å². The van der Waals surface area contributed by atoms with Gasteiger partial charge >= 0.3 is 0 Å². The monoisotopic (exact) mass is 482 g/mol. The van der Waals surface area contributed by atoms with Crippen molar-refractivity contribution >= 4 is 0 Å².